The van der Waals surface area contributed by atoms with E-state index in [4.69, 9.17) is 10.2 Å². The van der Waals surface area contributed by atoms with Crippen LogP contribution in [0.4, 0.5) is 11.5 Å². The van der Waals surface area contributed by atoms with Crippen LogP contribution in [0.2, 0.25) is 0 Å². The number of benzene rings is 1. The molecule has 3 N–H and O–H groups in total. The molecule has 1 aromatic carbocycles. The van der Waals surface area contributed by atoms with Gasteiger partial charge in [-0.05, 0) is 31.2 Å². The number of furan rings is 1. The Morgan fingerprint density at radius 1 is 1.31 bits per heavy atom. The van der Waals surface area contributed by atoms with Gasteiger partial charge in [0.2, 0.25) is 5.91 Å². The summed E-state index contributed by atoms with van der Waals surface area (Å²) in [7, 11) is 0. The third-order valence-electron chi connectivity index (χ3n) is 3.58. The van der Waals surface area contributed by atoms with Crippen LogP contribution in [0.25, 0.3) is 0 Å². The highest BCUT2D eigenvalue weighted by atomic mass is 32.2. The van der Waals surface area contributed by atoms with Crippen LogP contribution in [0.3, 0.4) is 0 Å². The van der Waals surface area contributed by atoms with Crippen LogP contribution < -0.4 is 16.6 Å². The topological polar surface area (TPSA) is 103 Å². The number of rotatable bonds is 6. The molecular weight excluding hydrogens is 352 g/mol. The molecule has 134 valence electrons. The lowest BCUT2D eigenvalue weighted by atomic mass is 10.2. The van der Waals surface area contributed by atoms with Gasteiger partial charge in [0.25, 0.3) is 5.56 Å². The molecule has 0 unspecified atom stereocenters. The van der Waals surface area contributed by atoms with Crippen molar-refractivity contribution in [1.29, 1.82) is 0 Å². The summed E-state index contributed by atoms with van der Waals surface area (Å²) in [6, 6.07) is 12.3. The van der Waals surface area contributed by atoms with Crippen molar-refractivity contribution >= 4 is 29.2 Å². The number of nitrogens with one attached hydrogen (secondary N) is 1. The number of nitrogens with two attached hydrogens (primary N) is 1. The minimum Gasteiger partial charge on any atom is -0.467 e. The second-order valence-corrected chi connectivity index (χ2v) is 6.61. The number of hydrogen-bond donors (Lipinski definition) is 2. The Hall–Kier alpha value is -3.00. The van der Waals surface area contributed by atoms with Gasteiger partial charge in [0.15, 0.2) is 5.16 Å². The van der Waals surface area contributed by atoms with Crippen LogP contribution >= 0.6 is 11.8 Å². The fourth-order valence-corrected chi connectivity index (χ4v) is 3.11. The Balaban J connectivity index is 1.71. The lowest BCUT2D eigenvalue weighted by molar-refractivity contribution is -0.113. The maximum absolute atomic E-state index is 12.2. The van der Waals surface area contributed by atoms with Gasteiger partial charge in [0.05, 0.1) is 18.6 Å². The van der Waals surface area contributed by atoms with Crippen molar-refractivity contribution in [3.05, 3.63) is 70.4 Å². The first-order valence-corrected chi connectivity index (χ1v) is 8.89. The molecule has 0 spiro atoms. The monoisotopic (exact) mass is 370 g/mol. The molecule has 3 rings (SSSR count). The highest BCUT2D eigenvalue weighted by Crippen LogP contribution is 2.19. The highest BCUT2D eigenvalue weighted by Gasteiger charge is 2.12. The molecule has 8 heteroatoms. The first-order chi connectivity index (χ1) is 12.5. The van der Waals surface area contributed by atoms with Crippen molar-refractivity contribution in [3.8, 4) is 0 Å². The molecule has 0 bridgehead atoms. The summed E-state index contributed by atoms with van der Waals surface area (Å²) < 4.78 is 6.96. The predicted octanol–water partition coefficient (Wildman–Crippen LogP) is 2.51. The minimum absolute atomic E-state index is 0.0991. The Morgan fingerprint density at radius 2 is 2.08 bits per heavy atom. The maximum atomic E-state index is 12.2. The second-order valence-electron chi connectivity index (χ2n) is 5.67. The van der Waals surface area contributed by atoms with Gasteiger partial charge < -0.3 is 15.5 Å². The fourth-order valence-electron chi connectivity index (χ4n) is 2.29. The molecule has 0 aliphatic heterocycles. The van der Waals surface area contributed by atoms with E-state index in [9.17, 15) is 9.59 Å². The largest absolute Gasteiger partial charge is 0.467 e. The molecular formula is C18H18N4O3S. The summed E-state index contributed by atoms with van der Waals surface area (Å²) in [5.74, 6) is 0.845. The number of carbonyl (C=O) groups excluding carboxylic acids is 1. The van der Waals surface area contributed by atoms with Crippen molar-refractivity contribution in [3.63, 3.8) is 0 Å². The van der Waals surface area contributed by atoms with Gasteiger partial charge >= 0.3 is 0 Å². The van der Waals surface area contributed by atoms with Crippen molar-refractivity contribution in [2.75, 3.05) is 16.8 Å². The predicted molar refractivity (Wildman–Crippen MR) is 101 cm³/mol. The van der Waals surface area contributed by atoms with E-state index >= 15 is 0 Å². The molecule has 0 fully saturated rings. The molecule has 2 aromatic heterocycles. The summed E-state index contributed by atoms with van der Waals surface area (Å²) in [4.78, 5) is 27.8. The third-order valence-corrected chi connectivity index (χ3v) is 4.56. The summed E-state index contributed by atoms with van der Waals surface area (Å²) in [5, 5.41) is 3.18. The van der Waals surface area contributed by atoms with E-state index in [0.29, 0.717) is 17.5 Å². The summed E-state index contributed by atoms with van der Waals surface area (Å²) in [6.07, 6.45) is 1.56. The zero-order chi connectivity index (χ0) is 18.5. The Morgan fingerprint density at radius 3 is 2.77 bits per heavy atom. The van der Waals surface area contributed by atoms with Crippen molar-refractivity contribution in [1.82, 2.24) is 9.55 Å². The SMILES string of the molecule is Cc1ccc(NC(=O)CSc2nc(=O)cc(N)n2Cc2ccco2)cc1. The van der Waals surface area contributed by atoms with E-state index in [1.54, 1.807) is 23.0 Å². The van der Waals surface area contributed by atoms with Gasteiger partial charge in [-0.2, -0.15) is 4.98 Å². The number of hydrogen-bond acceptors (Lipinski definition) is 6. The van der Waals surface area contributed by atoms with Crippen LogP contribution in [0.15, 0.2) is 63.1 Å². The van der Waals surface area contributed by atoms with Gasteiger partial charge in [0, 0.05) is 11.8 Å². The molecule has 0 atom stereocenters. The number of aromatic nitrogens is 2. The highest BCUT2D eigenvalue weighted by molar-refractivity contribution is 7.99. The third kappa shape index (κ3) is 4.54. The van der Waals surface area contributed by atoms with E-state index in [1.807, 2.05) is 31.2 Å². The van der Waals surface area contributed by atoms with Crippen molar-refractivity contribution < 1.29 is 9.21 Å². The van der Waals surface area contributed by atoms with Crippen LogP contribution in [0.1, 0.15) is 11.3 Å². The molecule has 0 aliphatic carbocycles. The number of nitrogens with zero attached hydrogens (tertiary/aromatic N) is 2. The molecule has 0 saturated heterocycles. The first-order valence-electron chi connectivity index (χ1n) is 7.90. The van der Waals surface area contributed by atoms with Crippen LogP contribution in [0.5, 0.6) is 0 Å². The molecule has 7 nitrogen and oxygen atoms in total. The average Bonchev–Trinajstić information content (AvgIpc) is 3.11. The van der Waals surface area contributed by atoms with Gasteiger partial charge in [-0.1, -0.05) is 29.5 Å². The van der Waals surface area contributed by atoms with E-state index in [2.05, 4.69) is 10.3 Å². The molecule has 0 saturated carbocycles. The minimum atomic E-state index is -0.445. The van der Waals surface area contributed by atoms with Gasteiger partial charge in [-0.25, -0.2) is 0 Å². The molecule has 26 heavy (non-hydrogen) atoms. The Labute approximate surface area is 154 Å². The van der Waals surface area contributed by atoms with Crippen molar-refractivity contribution in [2.24, 2.45) is 0 Å². The van der Waals surface area contributed by atoms with Crippen LogP contribution in [-0.2, 0) is 11.3 Å². The first kappa shape index (κ1) is 17.8. The van der Waals surface area contributed by atoms with Gasteiger partial charge in [0.1, 0.15) is 11.6 Å². The Bertz CT molecular complexity index is 950. The van der Waals surface area contributed by atoms with Gasteiger partial charge in [-0.3, -0.25) is 14.2 Å². The lowest BCUT2D eigenvalue weighted by Gasteiger charge is -2.13. The van der Waals surface area contributed by atoms with E-state index in [0.717, 1.165) is 23.0 Å². The lowest BCUT2D eigenvalue weighted by Crippen LogP contribution is -2.20. The standard InChI is InChI=1S/C18H18N4O3S/c1-12-4-6-13(7-5-12)20-17(24)11-26-18-21-16(23)9-15(19)22(18)10-14-3-2-8-25-14/h2-9H,10-11,19H2,1H3,(H,20,24). The number of nitrogen functional groups attached to an aromatic ring is 1. The van der Waals surface area contributed by atoms with E-state index in [-0.39, 0.29) is 17.5 Å². The number of anilines is 2. The molecule has 0 radical (unpaired) electrons. The summed E-state index contributed by atoms with van der Waals surface area (Å²) in [6.45, 7) is 2.30. The average molecular weight is 370 g/mol. The number of amides is 1. The van der Waals surface area contributed by atoms with E-state index < -0.39 is 5.56 Å². The second kappa shape index (κ2) is 7.92. The number of thioether (sulfide) groups is 1. The molecule has 3 aromatic rings. The Kier molecular flexibility index (Phi) is 5.43. The zero-order valence-electron chi connectivity index (χ0n) is 14.1. The summed E-state index contributed by atoms with van der Waals surface area (Å²) in [5.41, 5.74) is 7.34. The van der Waals surface area contributed by atoms with Crippen molar-refractivity contribution in [2.45, 2.75) is 18.6 Å². The number of aryl methyl sites for hydroxylation is 1. The molecule has 2 heterocycles. The zero-order valence-corrected chi connectivity index (χ0v) is 15.0. The number of carbonyl (C=O) groups is 1. The van der Waals surface area contributed by atoms with Crippen LogP contribution in [0, 0.1) is 6.92 Å². The summed E-state index contributed by atoms with van der Waals surface area (Å²) >= 11 is 1.15. The molecule has 1 amide bonds. The quantitative estimate of drug-likeness (QED) is 0.510. The molecule has 0 aliphatic rings. The van der Waals surface area contributed by atoms with Gasteiger partial charge in [-0.15, -0.1) is 0 Å². The van der Waals surface area contributed by atoms with Crippen LogP contribution in [-0.4, -0.2) is 21.2 Å². The normalized spacial score (nSPS) is 10.7. The van der Waals surface area contributed by atoms with E-state index in [1.165, 1.54) is 6.07 Å². The fraction of sp³-hybridized carbons (Fsp3) is 0.167. The maximum Gasteiger partial charge on any atom is 0.275 e. The smallest absolute Gasteiger partial charge is 0.275 e.